The Labute approximate surface area is 215 Å². The molecule has 0 atom stereocenters. The first-order valence-electron chi connectivity index (χ1n) is 11.0. The summed E-state index contributed by atoms with van der Waals surface area (Å²) in [5, 5.41) is 15.4. The quantitative estimate of drug-likeness (QED) is 0.177. The highest BCUT2D eigenvalue weighted by Crippen LogP contribution is 2.40. The highest BCUT2D eigenvalue weighted by Gasteiger charge is 2.38. The number of anilines is 5. The number of carboxylic acids is 1. The van der Waals surface area contributed by atoms with Crippen molar-refractivity contribution in [2.45, 2.75) is 4.90 Å². The van der Waals surface area contributed by atoms with E-state index in [1.165, 1.54) is 24.3 Å². The van der Waals surface area contributed by atoms with Gasteiger partial charge in [-0.2, -0.15) is 8.42 Å². The Bertz CT molecular complexity index is 1830. The largest absolute Gasteiger partial charge is 0.478 e. The molecular weight excluding hydrogens is 510 g/mol. The molecule has 38 heavy (non-hydrogen) atoms. The highest BCUT2D eigenvalue weighted by atomic mass is 32.2. The molecule has 0 unspecified atom stereocenters. The minimum absolute atomic E-state index is 0.0350. The molecule has 10 nitrogen and oxygen atoms in total. The molecule has 0 saturated heterocycles. The number of carbonyl (C=O) groups is 3. The van der Waals surface area contributed by atoms with Crippen molar-refractivity contribution in [1.82, 2.24) is 0 Å². The normalized spacial score (nSPS) is 13.8. The van der Waals surface area contributed by atoms with Crippen molar-refractivity contribution in [1.29, 1.82) is 0 Å². The number of Topliss-reactive ketones (excluding diaryl/α,β-unsaturated/α-hetero) is 2. The van der Waals surface area contributed by atoms with Gasteiger partial charge in [0.15, 0.2) is 5.78 Å². The molecule has 3 aromatic rings. The van der Waals surface area contributed by atoms with E-state index in [9.17, 15) is 32.5 Å². The topological polar surface area (TPSA) is 176 Å². The zero-order chi connectivity index (χ0) is 27.2. The van der Waals surface area contributed by atoms with E-state index >= 15 is 0 Å². The molecule has 2 aliphatic carbocycles. The third-order valence-electron chi connectivity index (χ3n) is 5.91. The van der Waals surface area contributed by atoms with Crippen molar-refractivity contribution in [2.24, 2.45) is 0 Å². The Morgan fingerprint density at radius 2 is 1.61 bits per heavy atom. The van der Waals surface area contributed by atoms with Gasteiger partial charge >= 0.3 is 5.97 Å². The van der Waals surface area contributed by atoms with Crippen molar-refractivity contribution < 1.29 is 32.5 Å². The fraction of sp³-hybridized carbons (Fsp3) is 0. The summed E-state index contributed by atoms with van der Waals surface area (Å²) in [6.45, 7) is 0. The van der Waals surface area contributed by atoms with Crippen molar-refractivity contribution in [3.05, 3.63) is 106 Å². The minimum atomic E-state index is -4.72. The molecule has 0 bridgehead atoms. The van der Waals surface area contributed by atoms with Gasteiger partial charge in [-0.3, -0.25) is 14.1 Å². The average molecular weight is 528 g/mol. The lowest BCUT2D eigenvalue weighted by molar-refractivity contribution is 0.0697. The van der Waals surface area contributed by atoms with E-state index in [1.807, 2.05) is 0 Å². The van der Waals surface area contributed by atoms with E-state index < -0.39 is 38.1 Å². The third-order valence-corrected chi connectivity index (χ3v) is 6.81. The van der Waals surface area contributed by atoms with Crippen LogP contribution >= 0.6 is 0 Å². The first-order valence-corrected chi connectivity index (χ1v) is 12.4. The number of benzene rings is 3. The van der Waals surface area contributed by atoms with Crippen LogP contribution in [0.1, 0.15) is 31.1 Å². The fourth-order valence-corrected chi connectivity index (χ4v) is 4.89. The number of nitrogen functional groups attached to an aromatic ring is 1. The summed E-state index contributed by atoms with van der Waals surface area (Å²) in [4.78, 5) is 38.1. The molecule has 3 aromatic carbocycles. The van der Waals surface area contributed by atoms with E-state index in [4.69, 9.17) is 5.73 Å². The maximum Gasteiger partial charge on any atom is 0.337 e. The zero-order valence-electron chi connectivity index (χ0n) is 19.3. The highest BCUT2D eigenvalue weighted by molar-refractivity contribution is 7.86. The molecular formula is C27H17N3O7S. The standard InChI is InChI=1S/C27H17N3O7S/c28-24-18(27(33)34)13-20(22-23(24)26(32)17-9-5-4-8-16(17)25(22)31)30-15-10-11-19(21(12-15)38(35,36)37)29-14-6-2-1-3-7-14/h1-4,6-8,10-13,29-30H,28H2,(H,33,34)(H,35,36,37). The van der Waals surface area contributed by atoms with Gasteiger partial charge in [-0.15, -0.1) is 0 Å². The van der Waals surface area contributed by atoms with E-state index in [1.54, 1.807) is 30.3 Å². The van der Waals surface area contributed by atoms with Crippen molar-refractivity contribution >= 4 is 56.1 Å². The van der Waals surface area contributed by atoms with Crippen LogP contribution in [-0.2, 0) is 10.1 Å². The zero-order valence-corrected chi connectivity index (χ0v) is 20.1. The predicted octanol–water partition coefficient (Wildman–Crippen LogP) is 4.26. The minimum Gasteiger partial charge on any atom is -0.478 e. The number of hydrogen-bond acceptors (Lipinski definition) is 8. The maximum atomic E-state index is 13.4. The Morgan fingerprint density at radius 1 is 0.895 bits per heavy atom. The third kappa shape index (κ3) is 4.20. The molecule has 5 rings (SSSR count). The summed E-state index contributed by atoms with van der Waals surface area (Å²) in [6.07, 6.45) is 2.80. The van der Waals surface area contributed by atoms with Crippen LogP contribution in [0.25, 0.3) is 0 Å². The van der Waals surface area contributed by atoms with Gasteiger partial charge in [-0.1, -0.05) is 29.7 Å². The molecule has 0 aromatic heterocycles. The van der Waals surface area contributed by atoms with Gasteiger partial charge in [-0.05, 0) is 48.6 Å². The molecule has 0 saturated carbocycles. The Morgan fingerprint density at radius 3 is 2.29 bits per heavy atom. The van der Waals surface area contributed by atoms with Crippen LogP contribution in [0.2, 0.25) is 0 Å². The van der Waals surface area contributed by atoms with Gasteiger partial charge in [0.25, 0.3) is 10.1 Å². The molecule has 0 amide bonds. The number of hydrogen-bond donors (Lipinski definition) is 5. The molecule has 11 heteroatoms. The number of aromatic carboxylic acids is 1. The second kappa shape index (κ2) is 9.04. The van der Waals surface area contributed by atoms with Crippen molar-refractivity contribution in [3.63, 3.8) is 0 Å². The van der Waals surface area contributed by atoms with Gasteiger partial charge in [0, 0.05) is 16.9 Å². The van der Waals surface area contributed by atoms with Gasteiger partial charge in [-0.25, -0.2) is 4.79 Å². The van der Waals surface area contributed by atoms with Gasteiger partial charge in [0.05, 0.1) is 39.3 Å². The van der Waals surface area contributed by atoms with Crippen LogP contribution < -0.4 is 16.4 Å². The SMILES string of the molecule is Nc1c(C(=O)O)cc(Nc2ccc(Nc3ccccc3)c(S(=O)(=O)O)c2)c2c1C(=O)C1=C=C=CC=C1C2=O. The molecule has 2 aliphatic rings. The Kier molecular flexibility index (Phi) is 5.83. The number of carbonyl (C=O) groups excluding carboxylic acids is 2. The lowest BCUT2D eigenvalue weighted by atomic mass is 9.79. The lowest BCUT2D eigenvalue weighted by Crippen LogP contribution is -2.26. The van der Waals surface area contributed by atoms with Crippen LogP contribution in [0.4, 0.5) is 28.4 Å². The molecule has 0 heterocycles. The first-order chi connectivity index (χ1) is 18.1. The summed E-state index contributed by atoms with van der Waals surface area (Å²) < 4.78 is 34.3. The monoisotopic (exact) mass is 527 g/mol. The first kappa shape index (κ1) is 24.5. The second-order valence-corrected chi connectivity index (χ2v) is 9.68. The van der Waals surface area contributed by atoms with Crippen LogP contribution in [0.15, 0.2) is 94.3 Å². The number of nitrogens with one attached hydrogen (secondary N) is 2. The van der Waals surface area contributed by atoms with Crippen molar-refractivity contribution in [2.75, 3.05) is 16.4 Å². The van der Waals surface area contributed by atoms with Gasteiger partial charge in [0.2, 0.25) is 5.78 Å². The molecule has 188 valence electrons. The molecule has 0 aliphatic heterocycles. The van der Waals surface area contributed by atoms with E-state index in [-0.39, 0.29) is 45.0 Å². The molecule has 6 N–H and O–H groups in total. The number of allylic oxidation sites excluding steroid dienone is 4. The number of rotatable bonds is 6. The summed E-state index contributed by atoms with van der Waals surface area (Å²) in [6, 6.07) is 13.7. The second-order valence-electron chi connectivity index (χ2n) is 8.29. The average Bonchev–Trinajstić information content (AvgIpc) is 2.88. The smallest absolute Gasteiger partial charge is 0.337 e. The van der Waals surface area contributed by atoms with Crippen LogP contribution in [-0.4, -0.2) is 35.6 Å². The van der Waals surface area contributed by atoms with Crippen molar-refractivity contribution in [3.8, 4) is 0 Å². The van der Waals surface area contributed by atoms with Crippen LogP contribution in [0.3, 0.4) is 0 Å². The molecule has 0 spiro atoms. The summed E-state index contributed by atoms with van der Waals surface area (Å²) in [5.41, 5.74) is 10.5. The van der Waals surface area contributed by atoms with E-state index in [0.717, 1.165) is 12.1 Å². The number of para-hydroxylation sites is 1. The Balaban J connectivity index is 1.66. The van der Waals surface area contributed by atoms with Gasteiger partial charge in [0.1, 0.15) is 4.90 Å². The van der Waals surface area contributed by atoms with E-state index in [0.29, 0.717) is 5.69 Å². The van der Waals surface area contributed by atoms with Gasteiger partial charge < -0.3 is 21.5 Å². The molecule has 0 fully saturated rings. The summed E-state index contributed by atoms with van der Waals surface area (Å²) >= 11 is 0. The molecule has 0 radical (unpaired) electrons. The number of ketones is 2. The van der Waals surface area contributed by atoms with Crippen LogP contribution in [0, 0.1) is 0 Å². The maximum absolute atomic E-state index is 13.4. The number of fused-ring (bicyclic) bond motifs is 2. The van der Waals surface area contributed by atoms with E-state index in [2.05, 4.69) is 22.1 Å². The fourth-order valence-electron chi connectivity index (χ4n) is 4.21. The predicted molar refractivity (Wildman–Crippen MR) is 139 cm³/mol. The summed E-state index contributed by atoms with van der Waals surface area (Å²) in [7, 11) is -4.72. The Hall–Kier alpha value is -5.18. The van der Waals surface area contributed by atoms with Crippen LogP contribution in [0.5, 0.6) is 0 Å². The number of carboxylic acid groups (broad SMARTS) is 1. The number of nitrogens with two attached hydrogens (primary N) is 1. The lowest BCUT2D eigenvalue weighted by Gasteiger charge is -2.24. The summed E-state index contributed by atoms with van der Waals surface area (Å²) in [5.74, 6) is -2.75.